The Bertz CT molecular complexity index is 704. The summed E-state index contributed by atoms with van der Waals surface area (Å²) in [6.07, 6.45) is 6.95. The van der Waals surface area contributed by atoms with Gasteiger partial charge in [0.15, 0.2) is 0 Å². The molecule has 0 saturated carbocycles. The third-order valence-corrected chi connectivity index (χ3v) is 5.07. The highest BCUT2D eigenvalue weighted by atomic mass is 16.5. The molecule has 1 aromatic carbocycles. The van der Waals surface area contributed by atoms with E-state index >= 15 is 0 Å². The molecule has 3 rings (SSSR count). The normalized spacial score (nSPS) is 17.2. The maximum absolute atomic E-state index is 12.9. The van der Waals surface area contributed by atoms with Crippen LogP contribution in [0.3, 0.4) is 0 Å². The van der Waals surface area contributed by atoms with Crippen LogP contribution in [0.2, 0.25) is 0 Å². The number of methoxy groups -OCH3 is 1. The van der Waals surface area contributed by atoms with Crippen LogP contribution in [0.15, 0.2) is 43.0 Å². The molecule has 1 aromatic heterocycles. The van der Waals surface area contributed by atoms with Gasteiger partial charge in [-0.2, -0.15) is 0 Å². The lowest BCUT2D eigenvalue weighted by Crippen LogP contribution is -2.54. The van der Waals surface area contributed by atoms with E-state index in [1.54, 1.807) is 24.5 Å². The summed E-state index contributed by atoms with van der Waals surface area (Å²) in [5.41, 5.74) is 0.649. The van der Waals surface area contributed by atoms with Crippen molar-refractivity contribution in [1.29, 1.82) is 0 Å². The monoisotopic (exact) mass is 342 g/mol. The molecule has 1 amide bonds. The number of benzene rings is 1. The van der Waals surface area contributed by atoms with Crippen LogP contribution in [0.25, 0.3) is 0 Å². The van der Waals surface area contributed by atoms with Crippen LogP contribution < -0.4 is 4.74 Å². The molecule has 0 N–H and O–H groups in total. The van der Waals surface area contributed by atoms with Crippen molar-refractivity contribution in [2.45, 2.75) is 24.9 Å². The number of imidazole rings is 1. The fourth-order valence-corrected chi connectivity index (χ4v) is 3.67. The van der Waals surface area contributed by atoms with Gasteiger partial charge < -0.3 is 14.2 Å². The largest absolute Gasteiger partial charge is 0.496 e. The van der Waals surface area contributed by atoms with Crippen LogP contribution in [0.4, 0.5) is 0 Å². The number of hydrogen-bond acceptors (Lipinski definition) is 4. The summed E-state index contributed by atoms with van der Waals surface area (Å²) in [7, 11) is 5.35. The molecular weight excluding hydrogens is 316 g/mol. The lowest BCUT2D eigenvalue weighted by atomic mass is 9.85. The third-order valence-electron chi connectivity index (χ3n) is 5.07. The minimum absolute atomic E-state index is 0.141. The van der Waals surface area contributed by atoms with Gasteiger partial charge in [-0.25, -0.2) is 4.98 Å². The van der Waals surface area contributed by atoms with Crippen molar-refractivity contribution >= 4 is 5.91 Å². The first-order valence-corrected chi connectivity index (χ1v) is 8.61. The first kappa shape index (κ1) is 17.5. The topological polar surface area (TPSA) is 50.6 Å². The summed E-state index contributed by atoms with van der Waals surface area (Å²) in [6, 6.07) is 8.11. The van der Waals surface area contributed by atoms with Crippen LogP contribution in [0, 0.1) is 0 Å². The van der Waals surface area contributed by atoms with Crippen molar-refractivity contribution in [2.75, 3.05) is 34.3 Å². The minimum Gasteiger partial charge on any atom is -0.496 e. The number of ether oxygens (including phenoxy) is 1. The number of amides is 1. The van der Waals surface area contributed by atoms with Gasteiger partial charge in [-0.05, 0) is 18.9 Å². The Morgan fingerprint density at radius 2 is 2.00 bits per heavy atom. The average molecular weight is 342 g/mol. The molecule has 134 valence electrons. The van der Waals surface area contributed by atoms with Crippen LogP contribution in [-0.2, 0) is 16.9 Å². The number of likely N-dealkylation sites (N-methyl/N-ethyl adjacent to an activating group) is 1. The molecule has 0 bridgehead atoms. The van der Waals surface area contributed by atoms with Crippen LogP contribution in [0.5, 0.6) is 5.75 Å². The van der Waals surface area contributed by atoms with E-state index in [0.29, 0.717) is 0 Å². The summed E-state index contributed by atoms with van der Waals surface area (Å²) in [5, 5.41) is 0. The van der Waals surface area contributed by atoms with E-state index in [2.05, 4.69) is 16.0 Å². The lowest BCUT2D eigenvalue weighted by molar-refractivity contribution is -0.141. The van der Waals surface area contributed by atoms with E-state index in [9.17, 15) is 4.79 Å². The van der Waals surface area contributed by atoms with Gasteiger partial charge >= 0.3 is 0 Å². The van der Waals surface area contributed by atoms with E-state index < -0.39 is 5.54 Å². The molecule has 0 unspecified atom stereocenters. The molecule has 6 heteroatoms. The standard InChI is InChI=1S/C19H26N4O2/c1-21(2)18(24)19(23-13-10-20-15-23)8-11-22(12-9-19)14-16-6-4-5-7-17(16)25-3/h4-7,10,13,15H,8-9,11-12,14H2,1-3H3. The fourth-order valence-electron chi connectivity index (χ4n) is 3.67. The number of nitrogens with zero attached hydrogens (tertiary/aromatic N) is 4. The van der Waals surface area contributed by atoms with Gasteiger partial charge in [0.05, 0.1) is 13.4 Å². The second kappa shape index (κ2) is 7.27. The smallest absolute Gasteiger partial charge is 0.248 e. The van der Waals surface area contributed by atoms with Gasteiger partial charge in [0.2, 0.25) is 5.91 Å². The zero-order valence-corrected chi connectivity index (χ0v) is 15.2. The summed E-state index contributed by atoms with van der Waals surface area (Å²) in [6.45, 7) is 2.55. The van der Waals surface area contributed by atoms with Crippen LogP contribution in [0.1, 0.15) is 18.4 Å². The Morgan fingerprint density at radius 1 is 1.28 bits per heavy atom. The molecule has 6 nitrogen and oxygen atoms in total. The van der Waals surface area contributed by atoms with Crippen molar-refractivity contribution in [3.8, 4) is 5.75 Å². The van der Waals surface area contributed by atoms with Gasteiger partial charge in [0, 0.05) is 51.7 Å². The number of piperidine rings is 1. The minimum atomic E-state index is -0.530. The Hall–Kier alpha value is -2.34. The number of aromatic nitrogens is 2. The first-order valence-electron chi connectivity index (χ1n) is 8.61. The maximum atomic E-state index is 12.9. The second-order valence-electron chi connectivity index (χ2n) is 6.79. The van der Waals surface area contributed by atoms with Crippen molar-refractivity contribution in [3.05, 3.63) is 48.5 Å². The highest BCUT2D eigenvalue weighted by molar-refractivity contribution is 5.84. The number of rotatable bonds is 5. The van der Waals surface area contributed by atoms with Crippen molar-refractivity contribution in [3.63, 3.8) is 0 Å². The molecule has 2 aromatic rings. The molecule has 2 heterocycles. The van der Waals surface area contributed by atoms with Crippen molar-refractivity contribution in [1.82, 2.24) is 19.4 Å². The quantitative estimate of drug-likeness (QED) is 0.834. The van der Waals surface area contributed by atoms with Gasteiger partial charge in [-0.15, -0.1) is 0 Å². The SMILES string of the molecule is COc1ccccc1CN1CCC(C(=O)N(C)C)(n2ccnc2)CC1. The molecule has 0 atom stereocenters. The Labute approximate surface area is 149 Å². The number of carbonyl (C=O) groups is 1. The van der Waals surface area contributed by atoms with Crippen LogP contribution >= 0.6 is 0 Å². The molecule has 25 heavy (non-hydrogen) atoms. The zero-order chi connectivity index (χ0) is 17.9. The van der Waals surface area contributed by atoms with E-state index in [-0.39, 0.29) is 5.91 Å². The number of carbonyl (C=O) groups excluding carboxylic acids is 1. The van der Waals surface area contributed by atoms with Crippen molar-refractivity contribution < 1.29 is 9.53 Å². The predicted octanol–water partition coefficient (Wildman–Crippen LogP) is 1.97. The molecular formula is C19H26N4O2. The third kappa shape index (κ3) is 3.39. The molecule has 1 saturated heterocycles. The second-order valence-corrected chi connectivity index (χ2v) is 6.79. The van der Waals surface area contributed by atoms with E-state index in [1.165, 1.54) is 5.56 Å². The summed E-state index contributed by atoms with van der Waals surface area (Å²) in [4.78, 5) is 21.2. The highest BCUT2D eigenvalue weighted by Crippen LogP contribution is 2.33. The molecule has 1 fully saturated rings. The van der Waals surface area contributed by atoms with Crippen molar-refractivity contribution in [2.24, 2.45) is 0 Å². The number of likely N-dealkylation sites (tertiary alicyclic amines) is 1. The van der Waals surface area contributed by atoms with Gasteiger partial charge in [0.25, 0.3) is 0 Å². The van der Waals surface area contributed by atoms with Gasteiger partial charge in [-0.3, -0.25) is 9.69 Å². The lowest BCUT2D eigenvalue weighted by Gasteiger charge is -2.42. The van der Waals surface area contributed by atoms with E-state index in [0.717, 1.165) is 38.2 Å². The summed E-state index contributed by atoms with van der Waals surface area (Å²) in [5.74, 6) is 1.06. The van der Waals surface area contributed by atoms with Gasteiger partial charge in [0.1, 0.15) is 11.3 Å². The molecule has 0 spiro atoms. The summed E-state index contributed by atoms with van der Waals surface area (Å²) < 4.78 is 7.44. The number of hydrogen-bond donors (Lipinski definition) is 0. The number of para-hydroxylation sites is 1. The summed E-state index contributed by atoms with van der Waals surface area (Å²) >= 11 is 0. The molecule has 0 radical (unpaired) electrons. The predicted molar refractivity (Wildman–Crippen MR) is 96.4 cm³/mol. The van der Waals surface area contributed by atoms with E-state index in [1.807, 2.05) is 43.1 Å². The zero-order valence-electron chi connectivity index (χ0n) is 15.2. The average Bonchev–Trinajstić information content (AvgIpc) is 3.17. The molecule has 1 aliphatic rings. The fraction of sp³-hybridized carbons (Fsp3) is 0.474. The Morgan fingerprint density at radius 3 is 2.60 bits per heavy atom. The molecule has 0 aliphatic carbocycles. The van der Waals surface area contributed by atoms with Crippen LogP contribution in [-0.4, -0.2) is 59.6 Å². The molecule has 1 aliphatic heterocycles. The first-order chi connectivity index (χ1) is 12.1. The maximum Gasteiger partial charge on any atom is 0.248 e. The van der Waals surface area contributed by atoms with Gasteiger partial charge in [-0.1, -0.05) is 18.2 Å². The Kier molecular flexibility index (Phi) is 5.08. The Balaban J connectivity index is 1.75. The highest BCUT2D eigenvalue weighted by Gasteiger charge is 2.43. The van der Waals surface area contributed by atoms with E-state index in [4.69, 9.17) is 4.74 Å².